The third-order valence-electron chi connectivity index (χ3n) is 6.72. The fourth-order valence-corrected chi connectivity index (χ4v) is 6.64. The molecule has 2 atom stereocenters. The molecule has 0 fully saturated rings. The van der Waals surface area contributed by atoms with E-state index >= 15 is 0 Å². The quantitative estimate of drug-likeness (QED) is 0.476. The number of carbonyl (C=O) groups is 1. The van der Waals surface area contributed by atoms with Crippen molar-refractivity contribution >= 4 is 24.9 Å². The molecule has 0 spiro atoms. The van der Waals surface area contributed by atoms with Crippen molar-refractivity contribution < 1.29 is 14.6 Å². The van der Waals surface area contributed by atoms with E-state index in [0.717, 1.165) is 33.9 Å². The zero-order valence-corrected chi connectivity index (χ0v) is 19.9. The van der Waals surface area contributed by atoms with Crippen molar-refractivity contribution in [2.75, 3.05) is 0 Å². The summed E-state index contributed by atoms with van der Waals surface area (Å²) in [5, 5.41) is 12.4. The molecular weight excluding hydrogens is 420 g/mol. The molecule has 0 amide bonds. The Labute approximate surface area is 187 Å². The molecule has 7 heteroatoms. The first-order valence-electron chi connectivity index (χ1n) is 11.2. The Kier molecular flexibility index (Phi) is 4.69. The van der Waals surface area contributed by atoms with Gasteiger partial charge in [-0.1, -0.05) is 44.8 Å². The van der Waals surface area contributed by atoms with E-state index in [2.05, 4.69) is 25.7 Å². The second-order valence-electron chi connectivity index (χ2n) is 10.2. The number of para-hydroxylation sites is 1. The molecule has 2 aliphatic rings. The summed E-state index contributed by atoms with van der Waals surface area (Å²) < 4.78 is 7.16. The molecular formula is C25H28N2O4Si. The fraction of sp³-hybridized carbons (Fsp3) is 0.400. The molecule has 0 saturated heterocycles. The Bertz CT molecular complexity index is 1320. The molecule has 2 unspecified atom stereocenters. The van der Waals surface area contributed by atoms with Gasteiger partial charge in [0.1, 0.15) is 12.2 Å². The van der Waals surface area contributed by atoms with Crippen LogP contribution in [-0.4, -0.2) is 28.7 Å². The summed E-state index contributed by atoms with van der Waals surface area (Å²) in [5.41, 5.74) is 2.70. The van der Waals surface area contributed by atoms with Gasteiger partial charge >= 0.3 is 5.97 Å². The van der Waals surface area contributed by atoms with E-state index in [1.807, 2.05) is 41.8 Å². The first-order valence-corrected chi connectivity index (χ1v) is 14.9. The number of aliphatic hydroxyl groups is 1. The molecule has 166 valence electrons. The number of hydrogen-bond donors (Lipinski definition) is 1. The lowest BCUT2D eigenvalue weighted by atomic mass is 9.85. The van der Waals surface area contributed by atoms with Gasteiger partial charge in [-0.05, 0) is 36.2 Å². The van der Waals surface area contributed by atoms with Crippen molar-refractivity contribution in [2.24, 2.45) is 0 Å². The van der Waals surface area contributed by atoms with Crippen molar-refractivity contribution in [2.45, 2.75) is 63.7 Å². The highest BCUT2D eigenvalue weighted by Gasteiger charge is 2.42. The molecule has 0 bridgehead atoms. The number of cyclic esters (lactones) is 1. The zero-order valence-electron chi connectivity index (χ0n) is 18.9. The number of ether oxygens (including phenoxy) is 1. The van der Waals surface area contributed by atoms with Gasteiger partial charge in [0.15, 0.2) is 0 Å². The summed E-state index contributed by atoms with van der Waals surface area (Å²) >= 11 is 0. The summed E-state index contributed by atoms with van der Waals surface area (Å²) in [7, 11) is -1.56. The standard InChI is InChI=1S/C25H28N2O4Si/c1-5-25(30)12-22(28)31-13-17-18(25)11-20-23-16(10-15-8-6-7-9-19(15)26-23)21(14-32(2,3)4)27(20)24(17)29/h6-11,21,30H,5,12-14H2,1-4H3. The molecule has 1 N–H and O–H groups in total. The van der Waals surface area contributed by atoms with Crippen LogP contribution in [0.5, 0.6) is 0 Å². The third-order valence-corrected chi connectivity index (χ3v) is 8.33. The van der Waals surface area contributed by atoms with Gasteiger partial charge in [-0.2, -0.15) is 0 Å². The van der Waals surface area contributed by atoms with Crippen LogP contribution in [-0.2, 0) is 21.7 Å². The number of hydrogen-bond acceptors (Lipinski definition) is 5. The second kappa shape index (κ2) is 7.12. The highest BCUT2D eigenvalue weighted by Crippen LogP contribution is 2.45. The topological polar surface area (TPSA) is 81.4 Å². The van der Waals surface area contributed by atoms with Gasteiger partial charge in [0, 0.05) is 19.0 Å². The predicted octanol–water partition coefficient (Wildman–Crippen LogP) is 4.35. The zero-order chi connectivity index (χ0) is 22.8. The van der Waals surface area contributed by atoms with Crippen molar-refractivity contribution in [3.05, 3.63) is 63.4 Å². The van der Waals surface area contributed by atoms with E-state index in [0.29, 0.717) is 17.5 Å². The van der Waals surface area contributed by atoms with Crippen molar-refractivity contribution in [3.8, 4) is 11.4 Å². The maximum atomic E-state index is 13.9. The van der Waals surface area contributed by atoms with Crippen LogP contribution in [0.25, 0.3) is 22.3 Å². The number of rotatable bonds is 3. The van der Waals surface area contributed by atoms with Crippen LogP contribution in [0.2, 0.25) is 25.7 Å². The van der Waals surface area contributed by atoms with E-state index < -0.39 is 19.6 Å². The lowest BCUT2D eigenvalue weighted by molar-refractivity contribution is -0.149. The lowest BCUT2D eigenvalue weighted by Gasteiger charge is -2.28. The molecule has 32 heavy (non-hydrogen) atoms. The summed E-state index contributed by atoms with van der Waals surface area (Å²) in [6.45, 7) is 8.60. The van der Waals surface area contributed by atoms with Crippen LogP contribution in [0.4, 0.5) is 0 Å². The largest absolute Gasteiger partial charge is 0.460 e. The molecule has 1 aromatic carbocycles. The summed E-state index contributed by atoms with van der Waals surface area (Å²) in [4.78, 5) is 31.0. The summed E-state index contributed by atoms with van der Waals surface area (Å²) in [6.07, 6.45) is 0.157. The average molecular weight is 449 g/mol. The first kappa shape index (κ1) is 21.1. The van der Waals surface area contributed by atoms with Crippen molar-refractivity contribution in [1.29, 1.82) is 0 Å². The van der Waals surface area contributed by atoms with Gasteiger partial charge in [0.2, 0.25) is 0 Å². The monoisotopic (exact) mass is 448 g/mol. The summed E-state index contributed by atoms with van der Waals surface area (Å²) in [5.74, 6) is -0.488. The Hall–Kier alpha value is -2.77. The van der Waals surface area contributed by atoms with Gasteiger partial charge < -0.3 is 9.84 Å². The molecule has 2 aliphatic heterocycles. The minimum atomic E-state index is -1.56. The van der Waals surface area contributed by atoms with E-state index in [1.165, 1.54) is 0 Å². The fourth-order valence-electron chi connectivity index (χ4n) is 5.07. The molecule has 3 aromatic rings. The van der Waals surface area contributed by atoms with Crippen LogP contribution in [0, 0.1) is 0 Å². The van der Waals surface area contributed by atoms with E-state index in [-0.39, 0.29) is 24.6 Å². The molecule has 4 heterocycles. The van der Waals surface area contributed by atoms with Crippen LogP contribution in [0.15, 0.2) is 41.2 Å². The third kappa shape index (κ3) is 3.22. The molecule has 5 rings (SSSR count). The smallest absolute Gasteiger partial charge is 0.309 e. The van der Waals surface area contributed by atoms with Crippen molar-refractivity contribution in [1.82, 2.24) is 9.55 Å². The number of benzene rings is 1. The molecule has 0 saturated carbocycles. The number of pyridine rings is 2. The molecule has 0 aliphatic carbocycles. The maximum Gasteiger partial charge on any atom is 0.309 e. The number of fused-ring (bicyclic) bond motifs is 5. The number of carbonyl (C=O) groups excluding carboxylic acids is 1. The van der Waals surface area contributed by atoms with Gasteiger partial charge in [-0.25, -0.2) is 4.98 Å². The highest BCUT2D eigenvalue weighted by atomic mass is 28.3. The second-order valence-corrected chi connectivity index (χ2v) is 15.7. The van der Waals surface area contributed by atoms with Crippen LogP contribution in [0.1, 0.15) is 42.5 Å². The first-order chi connectivity index (χ1) is 15.1. The minimum Gasteiger partial charge on any atom is -0.460 e. The summed E-state index contributed by atoms with van der Waals surface area (Å²) in [6, 6.07) is 12.8. The van der Waals surface area contributed by atoms with Crippen molar-refractivity contribution in [3.63, 3.8) is 0 Å². The predicted molar refractivity (Wildman–Crippen MR) is 126 cm³/mol. The Morgan fingerprint density at radius 1 is 1.22 bits per heavy atom. The Morgan fingerprint density at radius 3 is 2.69 bits per heavy atom. The number of aromatic nitrogens is 2. The normalized spacial score (nSPS) is 22.2. The maximum absolute atomic E-state index is 13.9. The number of nitrogens with zero attached hydrogens (tertiary/aromatic N) is 2. The van der Waals surface area contributed by atoms with Crippen LogP contribution >= 0.6 is 0 Å². The minimum absolute atomic E-state index is 0.110. The SMILES string of the molecule is CCC1(O)CC(=O)OCc2c1cc1n(c2=O)C(C[Si](C)(C)C)c2cc3ccccc3nc2-1. The number of esters is 1. The lowest BCUT2D eigenvalue weighted by Crippen LogP contribution is -2.35. The molecule has 0 radical (unpaired) electrons. The van der Waals surface area contributed by atoms with Gasteiger partial charge in [0.25, 0.3) is 5.56 Å². The molecule has 2 aromatic heterocycles. The highest BCUT2D eigenvalue weighted by molar-refractivity contribution is 6.76. The average Bonchev–Trinajstić information content (AvgIpc) is 2.94. The Morgan fingerprint density at radius 2 is 1.97 bits per heavy atom. The molecule has 6 nitrogen and oxygen atoms in total. The van der Waals surface area contributed by atoms with Crippen LogP contribution in [0.3, 0.4) is 0 Å². The van der Waals surface area contributed by atoms with E-state index in [1.54, 1.807) is 0 Å². The van der Waals surface area contributed by atoms with Gasteiger partial charge in [-0.15, -0.1) is 0 Å². The van der Waals surface area contributed by atoms with Crippen LogP contribution < -0.4 is 5.56 Å². The Balaban J connectivity index is 1.84. The van der Waals surface area contributed by atoms with Gasteiger partial charge in [-0.3, -0.25) is 14.2 Å². The van der Waals surface area contributed by atoms with Gasteiger partial charge in [0.05, 0.1) is 34.9 Å². The van der Waals surface area contributed by atoms with E-state index in [4.69, 9.17) is 9.72 Å². The van der Waals surface area contributed by atoms with E-state index in [9.17, 15) is 14.7 Å².